The van der Waals surface area contributed by atoms with Crippen LogP contribution in [-0.4, -0.2) is 48.9 Å². The van der Waals surface area contributed by atoms with E-state index in [-0.39, 0.29) is 17.3 Å². The number of H-pyrrole nitrogens is 1. The largest absolute Gasteiger partial charge is 0.354 e. The Morgan fingerprint density at radius 3 is 2.52 bits per heavy atom. The van der Waals surface area contributed by atoms with Gasteiger partial charge in [0.15, 0.2) is 5.95 Å². The Kier molecular flexibility index (Phi) is 5.62. The molecule has 3 aromatic heterocycles. The molecule has 2 amide bonds. The summed E-state index contributed by atoms with van der Waals surface area (Å²) in [5, 5.41) is 19.3. The fourth-order valence-electron chi connectivity index (χ4n) is 2.74. The van der Waals surface area contributed by atoms with Crippen molar-refractivity contribution in [3.05, 3.63) is 58.4 Å². The standard InChI is InChI=1S/C17H20N8O4/c1-23-9-11(22-16(27)14-8-12(25(28)29)10-24(14)2)7-13(23)15(26)18-3-4-19-17-20-5-6-21-17/h5-10H,3-4H2,1-2H3,(H,18,26)(H,22,27)(H2,19,20,21). The average molecular weight is 400 g/mol. The number of aromatic amines is 1. The van der Waals surface area contributed by atoms with Crippen LogP contribution in [0.5, 0.6) is 0 Å². The lowest BCUT2D eigenvalue weighted by molar-refractivity contribution is -0.384. The fraction of sp³-hybridized carbons (Fsp3) is 0.235. The third-order valence-electron chi connectivity index (χ3n) is 4.13. The van der Waals surface area contributed by atoms with Gasteiger partial charge >= 0.3 is 0 Å². The van der Waals surface area contributed by atoms with Gasteiger partial charge in [0.05, 0.1) is 16.8 Å². The molecule has 0 radical (unpaired) electrons. The number of rotatable bonds is 8. The number of hydrogen-bond acceptors (Lipinski definition) is 6. The van der Waals surface area contributed by atoms with Gasteiger partial charge in [0.25, 0.3) is 17.5 Å². The third-order valence-corrected chi connectivity index (χ3v) is 4.13. The minimum absolute atomic E-state index is 0.135. The molecular formula is C17H20N8O4. The molecule has 3 heterocycles. The number of carbonyl (C=O) groups excluding carboxylic acids is 2. The summed E-state index contributed by atoms with van der Waals surface area (Å²) in [5.41, 5.74) is 0.723. The molecule has 0 aliphatic carbocycles. The first kappa shape index (κ1) is 19.7. The summed E-state index contributed by atoms with van der Waals surface area (Å²) in [6.07, 6.45) is 6.16. The highest BCUT2D eigenvalue weighted by Crippen LogP contribution is 2.18. The summed E-state index contributed by atoms with van der Waals surface area (Å²) < 4.78 is 2.95. The van der Waals surface area contributed by atoms with Crippen molar-refractivity contribution >= 4 is 29.1 Å². The van der Waals surface area contributed by atoms with Gasteiger partial charge in [-0.05, 0) is 6.07 Å². The monoisotopic (exact) mass is 400 g/mol. The molecule has 0 unspecified atom stereocenters. The smallest absolute Gasteiger partial charge is 0.287 e. The quantitative estimate of drug-likeness (QED) is 0.252. The average Bonchev–Trinajstić information content (AvgIpc) is 3.39. The highest BCUT2D eigenvalue weighted by atomic mass is 16.6. The van der Waals surface area contributed by atoms with Crippen LogP contribution >= 0.6 is 0 Å². The molecule has 0 aliphatic rings. The number of aryl methyl sites for hydroxylation is 2. The molecule has 4 N–H and O–H groups in total. The van der Waals surface area contributed by atoms with Crippen LogP contribution in [0, 0.1) is 10.1 Å². The summed E-state index contributed by atoms with van der Waals surface area (Å²) in [5.74, 6) is -0.200. The maximum Gasteiger partial charge on any atom is 0.287 e. The molecule has 0 fully saturated rings. The van der Waals surface area contributed by atoms with Gasteiger partial charge in [0.2, 0.25) is 0 Å². The van der Waals surface area contributed by atoms with E-state index >= 15 is 0 Å². The minimum atomic E-state index is -0.567. The van der Waals surface area contributed by atoms with Crippen molar-refractivity contribution in [3.63, 3.8) is 0 Å². The van der Waals surface area contributed by atoms with Gasteiger partial charge in [0.1, 0.15) is 11.4 Å². The second-order valence-corrected chi connectivity index (χ2v) is 6.25. The molecule has 29 heavy (non-hydrogen) atoms. The second kappa shape index (κ2) is 8.29. The van der Waals surface area contributed by atoms with Gasteiger partial charge < -0.3 is 30.1 Å². The van der Waals surface area contributed by atoms with Gasteiger partial charge in [0, 0.05) is 51.8 Å². The van der Waals surface area contributed by atoms with E-state index in [1.165, 1.54) is 22.9 Å². The number of imidazole rings is 1. The topological polar surface area (TPSA) is 152 Å². The van der Waals surface area contributed by atoms with Crippen LogP contribution in [0.2, 0.25) is 0 Å². The number of aromatic nitrogens is 4. The first-order valence-corrected chi connectivity index (χ1v) is 8.65. The van der Waals surface area contributed by atoms with Gasteiger partial charge in [-0.3, -0.25) is 19.7 Å². The Balaban J connectivity index is 1.58. The van der Waals surface area contributed by atoms with E-state index < -0.39 is 10.8 Å². The zero-order valence-electron chi connectivity index (χ0n) is 15.8. The van der Waals surface area contributed by atoms with Crippen molar-refractivity contribution in [2.75, 3.05) is 23.7 Å². The highest BCUT2D eigenvalue weighted by molar-refractivity contribution is 6.04. The predicted molar refractivity (Wildman–Crippen MR) is 105 cm³/mol. The fourth-order valence-corrected chi connectivity index (χ4v) is 2.74. The molecule has 0 saturated heterocycles. The first-order chi connectivity index (χ1) is 13.8. The van der Waals surface area contributed by atoms with E-state index in [2.05, 4.69) is 25.9 Å². The number of nitro groups is 1. The third kappa shape index (κ3) is 4.61. The Labute approximate surface area is 165 Å². The Bertz CT molecular complexity index is 1030. The van der Waals surface area contributed by atoms with Crippen LogP contribution in [0.3, 0.4) is 0 Å². The number of hydrogen-bond donors (Lipinski definition) is 4. The SMILES string of the molecule is Cn1cc(NC(=O)c2cc([N+](=O)[O-])cn2C)cc1C(=O)NCCNc1ncc[nH]1. The van der Waals surface area contributed by atoms with Crippen molar-refractivity contribution in [2.45, 2.75) is 0 Å². The lowest BCUT2D eigenvalue weighted by atomic mass is 10.3. The molecule has 0 aromatic carbocycles. The van der Waals surface area contributed by atoms with Gasteiger partial charge in [-0.1, -0.05) is 0 Å². The van der Waals surface area contributed by atoms with Crippen LogP contribution in [0.15, 0.2) is 36.9 Å². The zero-order chi connectivity index (χ0) is 21.0. The van der Waals surface area contributed by atoms with Crippen molar-refractivity contribution in [1.82, 2.24) is 24.4 Å². The maximum atomic E-state index is 12.4. The van der Waals surface area contributed by atoms with Gasteiger partial charge in [-0.2, -0.15) is 0 Å². The lowest BCUT2D eigenvalue weighted by Crippen LogP contribution is -2.30. The van der Waals surface area contributed by atoms with E-state index in [0.29, 0.717) is 30.4 Å². The lowest BCUT2D eigenvalue weighted by Gasteiger charge is -2.06. The van der Waals surface area contributed by atoms with E-state index in [1.807, 2.05) is 0 Å². The molecule has 0 aliphatic heterocycles. The summed E-state index contributed by atoms with van der Waals surface area (Å²) in [6.45, 7) is 0.860. The molecule has 0 atom stereocenters. The van der Waals surface area contributed by atoms with Crippen molar-refractivity contribution < 1.29 is 14.5 Å². The predicted octanol–water partition coefficient (Wildman–Crippen LogP) is 1.09. The molecule has 12 heteroatoms. The van der Waals surface area contributed by atoms with Crippen LogP contribution in [0.4, 0.5) is 17.3 Å². The summed E-state index contributed by atoms with van der Waals surface area (Å²) in [7, 11) is 3.22. The van der Waals surface area contributed by atoms with Crippen molar-refractivity contribution in [3.8, 4) is 0 Å². The highest BCUT2D eigenvalue weighted by Gasteiger charge is 2.19. The Morgan fingerprint density at radius 1 is 1.14 bits per heavy atom. The summed E-state index contributed by atoms with van der Waals surface area (Å²) in [4.78, 5) is 41.9. The molecule has 12 nitrogen and oxygen atoms in total. The van der Waals surface area contributed by atoms with E-state index in [4.69, 9.17) is 0 Å². The molecule has 0 saturated carbocycles. The van der Waals surface area contributed by atoms with Crippen LogP contribution in [-0.2, 0) is 14.1 Å². The molecule has 0 spiro atoms. The minimum Gasteiger partial charge on any atom is -0.354 e. The number of anilines is 2. The molecular weight excluding hydrogens is 380 g/mol. The van der Waals surface area contributed by atoms with E-state index in [9.17, 15) is 19.7 Å². The molecule has 152 valence electrons. The molecule has 3 aromatic rings. The molecule has 3 rings (SSSR count). The van der Waals surface area contributed by atoms with Crippen molar-refractivity contribution in [2.24, 2.45) is 14.1 Å². The summed E-state index contributed by atoms with van der Waals surface area (Å²) in [6, 6.07) is 2.72. The maximum absolute atomic E-state index is 12.4. The molecule has 0 bridgehead atoms. The van der Waals surface area contributed by atoms with E-state index in [1.54, 1.807) is 37.3 Å². The zero-order valence-corrected chi connectivity index (χ0v) is 15.8. The van der Waals surface area contributed by atoms with Crippen LogP contribution in [0.1, 0.15) is 21.0 Å². The first-order valence-electron chi connectivity index (χ1n) is 8.65. The number of carbonyl (C=O) groups is 2. The number of nitrogens with zero attached hydrogens (tertiary/aromatic N) is 4. The summed E-state index contributed by atoms with van der Waals surface area (Å²) >= 11 is 0. The Hall–Kier alpha value is -4.09. The van der Waals surface area contributed by atoms with Crippen molar-refractivity contribution in [1.29, 1.82) is 0 Å². The number of nitrogens with one attached hydrogen (secondary N) is 4. The van der Waals surface area contributed by atoms with E-state index in [0.717, 1.165) is 0 Å². The van der Waals surface area contributed by atoms with Crippen LogP contribution < -0.4 is 16.0 Å². The normalized spacial score (nSPS) is 10.6. The second-order valence-electron chi connectivity index (χ2n) is 6.25. The van der Waals surface area contributed by atoms with Gasteiger partial charge in [-0.25, -0.2) is 4.98 Å². The Morgan fingerprint density at radius 2 is 1.86 bits per heavy atom. The number of amides is 2. The van der Waals surface area contributed by atoms with Crippen LogP contribution in [0.25, 0.3) is 0 Å². The van der Waals surface area contributed by atoms with Gasteiger partial charge in [-0.15, -0.1) is 0 Å².